The van der Waals surface area contributed by atoms with Gasteiger partial charge in [0.1, 0.15) is 22.8 Å². The summed E-state index contributed by atoms with van der Waals surface area (Å²) in [5.74, 6) is 0.688. The van der Waals surface area contributed by atoms with Gasteiger partial charge in [0.25, 0.3) is 0 Å². The summed E-state index contributed by atoms with van der Waals surface area (Å²) in [4.78, 5) is 13.0. The Hall–Kier alpha value is -2.11. The van der Waals surface area contributed by atoms with E-state index in [1.807, 2.05) is 29.8 Å². The maximum absolute atomic E-state index is 6.53. The van der Waals surface area contributed by atoms with Gasteiger partial charge in [-0.1, -0.05) is 23.2 Å². The lowest BCUT2D eigenvalue weighted by Gasteiger charge is -2.15. The third-order valence-corrected chi connectivity index (χ3v) is 6.69. The van der Waals surface area contributed by atoms with Crippen molar-refractivity contribution >= 4 is 39.9 Å². The van der Waals surface area contributed by atoms with Crippen LogP contribution >= 0.6 is 23.2 Å². The van der Waals surface area contributed by atoms with Crippen LogP contribution in [0.15, 0.2) is 37.1 Å². The SMILES string of the molecule is Cc1cnc2cc(CCC3CCC(n4ccc5c(Cl)ncnc54)C3)c(Cl)cn12. The number of pyridine rings is 1. The first-order valence-corrected chi connectivity index (χ1v) is 10.4. The van der Waals surface area contributed by atoms with E-state index in [1.54, 1.807) is 6.33 Å². The number of halogens is 2. The molecule has 144 valence electrons. The van der Waals surface area contributed by atoms with Gasteiger partial charge in [0.15, 0.2) is 0 Å². The van der Waals surface area contributed by atoms with Gasteiger partial charge in [-0.2, -0.15) is 0 Å². The van der Waals surface area contributed by atoms with Crippen LogP contribution in [0.1, 0.15) is 43.0 Å². The zero-order valence-electron chi connectivity index (χ0n) is 15.6. The maximum atomic E-state index is 6.53. The van der Waals surface area contributed by atoms with Crippen molar-refractivity contribution in [3.05, 3.63) is 58.5 Å². The van der Waals surface area contributed by atoms with E-state index >= 15 is 0 Å². The van der Waals surface area contributed by atoms with Gasteiger partial charge in [-0.25, -0.2) is 15.0 Å². The zero-order valence-corrected chi connectivity index (χ0v) is 17.2. The van der Waals surface area contributed by atoms with Crippen molar-refractivity contribution in [1.82, 2.24) is 23.9 Å². The van der Waals surface area contributed by atoms with E-state index in [2.05, 4.69) is 31.8 Å². The highest BCUT2D eigenvalue weighted by molar-refractivity contribution is 6.33. The number of nitrogens with zero attached hydrogens (tertiary/aromatic N) is 5. The Morgan fingerprint density at radius 3 is 2.96 bits per heavy atom. The van der Waals surface area contributed by atoms with Crippen molar-refractivity contribution in [2.45, 2.75) is 45.1 Å². The normalized spacial score (nSPS) is 19.8. The average molecular weight is 414 g/mol. The Kier molecular flexibility index (Phi) is 4.52. The van der Waals surface area contributed by atoms with Gasteiger partial charge >= 0.3 is 0 Å². The molecular weight excluding hydrogens is 393 g/mol. The minimum absolute atomic E-state index is 0.473. The van der Waals surface area contributed by atoms with Crippen LogP contribution in [0.25, 0.3) is 16.7 Å². The quantitative estimate of drug-likeness (QED) is 0.405. The highest BCUT2D eigenvalue weighted by Gasteiger charge is 2.27. The fourth-order valence-electron chi connectivity index (χ4n) is 4.51. The number of hydrogen-bond donors (Lipinski definition) is 0. The molecule has 0 amide bonds. The molecule has 4 aromatic rings. The summed E-state index contributed by atoms with van der Waals surface area (Å²) in [5, 5.41) is 2.28. The summed E-state index contributed by atoms with van der Waals surface area (Å²) >= 11 is 12.7. The van der Waals surface area contributed by atoms with Crippen LogP contribution in [-0.2, 0) is 6.42 Å². The molecule has 2 atom stereocenters. The summed E-state index contributed by atoms with van der Waals surface area (Å²) in [6.07, 6.45) is 13.2. The average Bonchev–Trinajstić information content (AvgIpc) is 3.40. The molecule has 0 spiro atoms. The van der Waals surface area contributed by atoms with Crippen molar-refractivity contribution in [3.63, 3.8) is 0 Å². The highest BCUT2D eigenvalue weighted by Crippen LogP contribution is 2.39. The molecule has 1 aliphatic rings. The van der Waals surface area contributed by atoms with Crippen LogP contribution < -0.4 is 0 Å². The number of rotatable bonds is 4. The second-order valence-electron chi connectivity index (χ2n) is 7.77. The Labute approximate surface area is 173 Å². The number of aryl methyl sites for hydroxylation is 2. The molecule has 4 aromatic heterocycles. The molecule has 1 aliphatic carbocycles. The molecule has 1 saturated carbocycles. The van der Waals surface area contributed by atoms with Gasteiger partial charge in [-0.15, -0.1) is 0 Å². The van der Waals surface area contributed by atoms with Crippen molar-refractivity contribution in [1.29, 1.82) is 0 Å². The van der Waals surface area contributed by atoms with Crippen LogP contribution in [0.2, 0.25) is 10.2 Å². The molecule has 0 N–H and O–H groups in total. The lowest BCUT2D eigenvalue weighted by Crippen LogP contribution is -2.06. The van der Waals surface area contributed by atoms with Crippen LogP contribution in [0.5, 0.6) is 0 Å². The molecule has 2 unspecified atom stereocenters. The van der Waals surface area contributed by atoms with Gasteiger partial charge in [-0.05, 0) is 62.6 Å². The summed E-state index contributed by atoms with van der Waals surface area (Å²) in [6, 6.07) is 4.62. The third-order valence-electron chi connectivity index (χ3n) is 6.05. The number of hydrogen-bond acceptors (Lipinski definition) is 3. The van der Waals surface area contributed by atoms with Crippen LogP contribution in [0.4, 0.5) is 0 Å². The molecule has 0 bridgehead atoms. The minimum atomic E-state index is 0.473. The van der Waals surface area contributed by atoms with E-state index in [-0.39, 0.29) is 0 Å². The van der Waals surface area contributed by atoms with Gasteiger partial charge in [0.2, 0.25) is 0 Å². The fraction of sp³-hybridized carbons (Fsp3) is 0.381. The van der Waals surface area contributed by atoms with Gasteiger partial charge in [-0.3, -0.25) is 0 Å². The number of aromatic nitrogens is 5. The van der Waals surface area contributed by atoms with Crippen molar-refractivity contribution in [3.8, 4) is 0 Å². The van der Waals surface area contributed by atoms with Crippen molar-refractivity contribution in [2.24, 2.45) is 5.92 Å². The molecule has 7 heteroatoms. The smallest absolute Gasteiger partial charge is 0.145 e. The van der Waals surface area contributed by atoms with E-state index < -0.39 is 0 Å². The molecule has 4 heterocycles. The molecular formula is C21H21Cl2N5. The molecule has 0 aliphatic heterocycles. The van der Waals surface area contributed by atoms with Gasteiger partial charge in [0.05, 0.1) is 10.4 Å². The third kappa shape index (κ3) is 3.07. The summed E-state index contributed by atoms with van der Waals surface area (Å²) in [7, 11) is 0. The molecule has 0 radical (unpaired) electrons. The van der Waals surface area contributed by atoms with Gasteiger partial charge in [0, 0.05) is 30.3 Å². The van der Waals surface area contributed by atoms with Crippen molar-refractivity contribution in [2.75, 3.05) is 0 Å². The highest BCUT2D eigenvalue weighted by atomic mass is 35.5. The lowest BCUT2D eigenvalue weighted by atomic mass is 9.98. The molecule has 0 aromatic carbocycles. The zero-order chi connectivity index (χ0) is 19.3. The molecule has 1 fully saturated rings. The minimum Gasteiger partial charge on any atom is -0.329 e. The van der Waals surface area contributed by atoms with E-state index in [9.17, 15) is 0 Å². The monoisotopic (exact) mass is 413 g/mol. The van der Waals surface area contributed by atoms with Gasteiger partial charge < -0.3 is 8.97 Å². The van der Waals surface area contributed by atoms with E-state index in [1.165, 1.54) is 18.4 Å². The summed E-state index contributed by atoms with van der Waals surface area (Å²) in [5.41, 5.74) is 4.20. The van der Waals surface area contributed by atoms with E-state index in [4.69, 9.17) is 23.2 Å². The number of fused-ring (bicyclic) bond motifs is 2. The predicted octanol–water partition coefficient (Wildman–Crippen LogP) is 5.67. The van der Waals surface area contributed by atoms with Crippen LogP contribution in [0.3, 0.4) is 0 Å². The first kappa shape index (κ1) is 18.0. The topological polar surface area (TPSA) is 48.0 Å². The first-order valence-electron chi connectivity index (χ1n) is 9.69. The lowest BCUT2D eigenvalue weighted by molar-refractivity contribution is 0.461. The largest absolute Gasteiger partial charge is 0.329 e. The second-order valence-corrected chi connectivity index (χ2v) is 8.54. The van der Waals surface area contributed by atoms with Crippen molar-refractivity contribution < 1.29 is 0 Å². The summed E-state index contributed by atoms with van der Waals surface area (Å²) in [6.45, 7) is 2.04. The Morgan fingerprint density at radius 2 is 2.07 bits per heavy atom. The van der Waals surface area contributed by atoms with E-state index in [0.29, 0.717) is 17.1 Å². The standard InChI is InChI=1S/C21H21Cl2N5/c1-13-10-24-19-9-15(18(22)11-28(13)19)4-2-14-3-5-16(8-14)27-7-6-17-20(23)25-12-26-21(17)27/h6-7,9-12,14,16H,2-5,8H2,1H3. The second kappa shape index (κ2) is 7.05. The summed E-state index contributed by atoms with van der Waals surface area (Å²) < 4.78 is 4.32. The molecule has 5 nitrogen and oxygen atoms in total. The Bertz CT molecular complexity index is 1160. The van der Waals surface area contributed by atoms with Crippen LogP contribution in [0, 0.1) is 12.8 Å². The molecule has 5 rings (SSSR count). The Balaban J connectivity index is 1.29. The predicted molar refractivity (Wildman–Crippen MR) is 112 cm³/mol. The fourth-order valence-corrected chi connectivity index (χ4v) is 4.95. The first-order chi connectivity index (χ1) is 13.6. The number of imidazole rings is 1. The molecule has 0 saturated heterocycles. The van der Waals surface area contributed by atoms with E-state index in [0.717, 1.165) is 46.7 Å². The van der Waals surface area contributed by atoms with Crippen LogP contribution in [-0.4, -0.2) is 23.9 Å². The Morgan fingerprint density at radius 1 is 1.18 bits per heavy atom. The molecule has 28 heavy (non-hydrogen) atoms. The maximum Gasteiger partial charge on any atom is 0.145 e.